The topological polar surface area (TPSA) is 127 Å². The number of nitrogens with one attached hydrogen (secondary N) is 2. The van der Waals surface area contributed by atoms with Crippen molar-refractivity contribution in [1.29, 1.82) is 0 Å². The predicted octanol–water partition coefficient (Wildman–Crippen LogP) is 2.82. The molecule has 10 nitrogen and oxygen atoms in total. The van der Waals surface area contributed by atoms with E-state index in [4.69, 9.17) is 4.84 Å². The number of aromatic nitrogens is 1. The predicted molar refractivity (Wildman–Crippen MR) is 132 cm³/mol. The number of pyridine rings is 1. The van der Waals surface area contributed by atoms with E-state index >= 15 is 0 Å². The van der Waals surface area contributed by atoms with Gasteiger partial charge in [-0.1, -0.05) is 56.0 Å². The molecule has 2 aromatic rings. The van der Waals surface area contributed by atoms with E-state index in [1.807, 2.05) is 30.3 Å². The Labute approximate surface area is 214 Å². The number of rotatable bonds is 10. The van der Waals surface area contributed by atoms with Crippen molar-refractivity contribution in [2.45, 2.75) is 57.6 Å². The van der Waals surface area contributed by atoms with E-state index in [0.29, 0.717) is 18.5 Å². The minimum Gasteiger partial charge on any atom is -0.711 e. The SMILES string of the molecule is O=C(C[C@@H](CC1CCCC1)C(=O)N1N=CC[C@H]1C(=O)Nc1ccc(F)c[n+]1[O-])NOCc1ccccc1. The lowest BCUT2D eigenvalue weighted by Crippen LogP contribution is -2.46. The minimum absolute atomic E-state index is 0.108. The molecule has 11 heteroatoms. The molecule has 0 bridgehead atoms. The fourth-order valence-corrected chi connectivity index (χ4v) is 4.75. The number of carbonyl (C=O) groups excluding carboxylic acids is 3. The van der Waals surface area contributed by atoms with Crippen molar-refractivity contribution in [3.05, 3.63) is 65.2 Å². The molecular formula is C26H30FN5O5. The van der Waals surface area contributed by atoms with Crippen LogP contribution in [-0.4, -0.2) is 35.0 Å². The summed E-state index contributed by atoms with van der Waals surface area (Å²) in [6.45, 7) is 0.190. The van der Waals surface area contributed by atoms with Crippen molar-refractivity contribution >= 4 is 29.8 Å². The van der Waals surface area contributed by atoms with E-state index in [-0.39, 0.29) is 30.0 Å². The van der Waals surface area contributed by atoms with Crippen LogP contribution in [0.15, 0.2) is 53.8 Å². The first-order valence-corrected chi connectivity index (χ1v) is 12.4. The average molecular weight is 512 g/mol. The van der Waals surface area contributed by atoms with Gasteiger partial charge >= 0.3 is 5.91 Å². The van der Waals surface area contributed by atoms with Gasteiger partial charge in [0.25, 0.3) is 5.82 Å². The second kappa shape index (κ2) is 12.4. The molecule has 3 amide bonds. The fraction of sp³-hybridized carbons (Fsp3) is 0.423. The summed E-state index contributed by atoms with van der Waals surface area (Å²) in [6.07, 6.45) is 6.82. The van der Waals surface area contributed by atoms with Gasteiger partial charge in [0, 0.05) is 31.0 Å². The van der Waals surface area contributed by atoms with Gasteiger partial charge in [0.1, 0.15) is 6.20 Å². The summed E-state index contributed by atoms with van der Waals surface area (Å²) in [5, 5.41) is 19.5. The Morgan fingerprint density at radius 3 is 2.65 bits per heavy atom. The molecule has 1 aliphatic carbocycles. The molecule has 4 rings (SSSR count). The zero-order valence-corrected chi connectivity index (χ0v) is 20.3. The first-order valence-electron chi connectivity index (χ1n) is 12.4. The molecule has 0 saturated heterocycles. The summed E-state index contributed by atoms with van der Waals surface area (Å²) >= 11 is 0. The van der Waals surface area contributed by atoms with Crippen LogP contribution in [0.1, 0.15) is 50.5 Å². The van der Waals surface area contributed by atoms with Crippen LogP contribution in [0.4, 0.5) is 10.2 Å². The number of nitrogens with zero attached hydrogens (tertiary/aromatic N) is 3. The van der Waals surface area contributed by atoms with Crippen LogP contribution in [-0.2, 0) is 25.8 Å². The zero-order chi connectivity index (χ0) is 26.2. The number of amides is 3. The van der Waals surface area contributed by atoms with E-state index in [0.717, 1.165) is 48.4 Å². The van der Waals surface area contributed by atoms with Gasteiger partial charge in [-0.15, -0.1) is 0 Å². The highest BCUT2D eigenvalue weighted by Gasteiger charge is 2.40. The second-order valence-corrected chi connectivity index (χ2v) is 9.37. The van der Waals surface area contributed by atoms with Crippen LogP contribution in [0.5, 0.6) is 0 Å². The molecule has 0 unspecified atom stereocenters. The maximum Gasteiger partial charge on any atom is 0.332 e. The maximum atomic E-state index is 13.5. The quantitative estimate of drug-likeness (QED) is 0.288. The third kappa shape index (κ3) is 7.10. The highest BCUT2D eigenvalue weighted by molar-refractivity contribution is 5.99. The Kier molecular flexibility index (Phi) is 8.78. The van der Waals surface area contributed by atoms with Gasteiger partial charge in [-0.05, 0) is 24.0 Å². The molecule has 196 valence electrons. The van der Waals surface area contributed by atoms with Crippen molar-refractivity contribution in [3.8, 4) is 0 Å². The lowest BCUT2D eigenvalue weighted by atomic mass is 9.89. The first kappa shape index (κ1) is 26.2. The van der Waals surface area contributed by atoms with Crippen LogP contribution < -0.4 is 15.5 Å². The molecule has 1 aliphatic heterocycles. The van der Waals surface area contributed by atoms with Gasteiger partial charge in [0.15, 0.2) is 11.9 Å². The highest BCUT2D eigenvalue weighted by atomic mass is 19.1. The highest BCUT2D eigenvalue weighted by Crippen LogP contribution is 2.33. The molecule has 1 aromatic carbocycles. The molecule has 0 spiro atoms. The third-order valence-corrected chi connectivity index (χ3v) is 6.63. The number of benzene rings is 1. The standard InChI is InChI=1S/C26H30FN5O5/c27-21-10-11-23(31(36)16-21)29-25(34)22-12-13-28-32(22)26(35)20(14-18-6-4-5-7-18)15-24(33)30-37-17-19-8-2-1-3-9-19/h1-3,8-11,13,16,18,20,22H,4-7,12,14-15,17H2,(H,29,34)(H,30,33)/t20-,22+/m1/s1. The monoisotopic (exact) mass is 511 g/mol. The van der Waals surface area contributed by atoms with Crippen LogP contribution in [0, 0.1) is 22.9 Å². The lowest BCUT2D eigenvalue weighted by molar-refractivity contribution is -0.591. The summed E-state index contributed by atoms with van der Waals surface area (Å²) in [6, 6.07) is 10.6. The largest absolute Gasteiger partial charge is 0.711 e. The van der Waals surface area contributed by atoms with Gasteiger partial charge in [0.2, 0.25) is 11.8 Å². The van der Waals surface area contributed by atoms with Crippen LogP contribution in [0.25, 0.3) is 0 Å². The van der Waals surface area contributed by atoms with Crippen LogP contribution in [0.3, 0.4) is 0 Å². The van der Waals surface area contributed by atoms with E-state index in [9.17, 15) is 24.0 Å². The third-order valence-electron chi connectivity index (χ3n) is 6.63. The number of hydrogen-bond donors (Lipinski definition) is 2. The van der Waals surface area contributed by atoms with Crippen molar-refractivity contribution in [3.63, 3.8) is 0 Å². The molecule has 2 aliphatic rings. The van der Waals surface area contributed by atoms with Crippen LogP contribution in [0.2, 0.25) is 0 Å². The smallest absolute Gasteiger partial charge is 0.332 e. The molecule has 1 saturated carbocycles. The summed E-state index contributed by atoms with van der Waals surface area (Å²) in [7, 11) is 0. The molecule has 2 heterocycles. The maximum absolute atomic E-state index is 13.5. The van der Waals surface area contributed by atoms with Crippen molar-refractivity contribution < 1.29 is 28.3 Å². The molecule has 2 N–H and O–H groups in total. The van der Waals surface area contributed by atoms with Gasteiger partial charge in [-0.2, -0.15) is 5.10 Å². The Morgan fingerprint density at radius 1 is 1.16 bits per heavy atom. The molecule has 1 aromatic heterocycles. The van der Waals surface area contributed by atoms with Crippen molar-refractivity contribution in [1.82, 2.24) is 10.5 Å². The number of carbonyl (C=O) groups is 3. The number of hydroxylamine groups is 1. The molecular weight excluding hydrogens is 481 g/mol. The summed E-state index contributed by atoms with van der Waals surface area (Å²) in [5.74, 6) is -2.78. The molecule has 1 fully saturated rings. The summed E-state index contributed by atoms with van der Waals surface area (Å²) < 4.78 is 13.4. The van der Waals surface area contributed by atoms with Crippen molar-refractivity contribution in [2.24, 2.45) is 16.9 Å². The Morgan fingerprint density at radius 2 is 1.92 bits per heavy atom. The van der Waals surface area contributed by atoms with Gasteiger partial charge in [-0.25, -0.2) is 29.7 Å². The Hall–Kier alpha value is -3.86. The van der Waals surface area contributed by atoms with E-state index < -0.39 is 35.5 Å². The van der Waals surface area contributed by atoms with Crippen LogP contribution >= 0.6 is 0 Å². The fourth-order valence-electron chi connectivity index (χ4n) is 4.75. The van der Waals surface area contributed by atoms with Gasteiger partial charge in [0.05, 0.1) is 6.61 Å². The minimum atomic E-state index is -0.985. The Bertz CT molecular complexity index is 1140. The number of hydrazone groups is 1. The first-order chi connectivity index (χ1) is 17.9. The number of halogens is 1. The average Bonchev–Trinajstić information content (AvgIpc) is 3.58. The van der Waals surface area contributed by atoms with Crippen molar-refractivity contribution in [2.75, 3.05) is 5.32 Å². The number of hydrogen-bond acceptors (Lipinski definition) is 6. The Balaban J connectivity index is 1.39. The number of anilines is 1. The normalized spacial score (nSPS) is 18.1. The van der Waals surface area contributed by atoms with E-state index in [1.165, 1.54) is 6.21 Å². The van der Waals surface area contributed by atoms with E-state index in [1.54, 1.807) is 0 Å². The van der Waals surface area contributed by atoms with Gasteiger partial charge in [-0.3, -0.25) is 14.4 Å². The molecule has 2 atom stereocenters. The molecule has 37 heavy (non-hydrogen) atoms. The second-order valence-electron chi connectivity index (χ2n) is 9.37. The van der Waals surface area contributed by atoms with E-state index in [2.05, 4.69) is 15.9 Å². The zero-order valence-electron chi connectivity index (χ0n) is 20.3. The summed E-state index contributed by atoms with van der Waals surface area (Å²) in [4.78, 5) is 44.4. The summed E-state index contributed by atoms with van der Waals surface area (Å²) in [5.41, 5.74) is 3.30. The lowest BCUT2D eigenvalue weighted by Gasteiger charge is -2.26. The molecule has 0 radical (unpaired) electrons. The van der Waals surface area contributed by atoms with Gasteiger partial charge < -0.3 is 5.21 Å².